The summed E-state index contributed by atoms with van der Waals surface area (Å²) in [6.45, 7) is 9.98. The molecule has 1 saturated heterocycles. The van der Waals surface area contributed by atoms with E-state index in [1.165, 1.54) is 4.88 Å². The van der Waals surface area contributed by atoms with Gasteiger partial charge in [0.05, 0.1) is 6.54 Å². The number of rotatable bonds is 9. The summed E-state index contributed by atoms with van der Waals surface area (Å²) in [6, 6.07) is 4.52. The van der Waals surface area contributed by atoms with Crippen LogP contribution in [0.4, 0.5) is 0 Å². The number of likely N-dealkylation sites (N-methyl/N-ethyl adjacent to an activating group) is 1. The van der Waals surface area contributed by atoms with Crippen molar-refractivity contribution >= 4 is 53.8 Å². The van der Waals surface area contributed by atoms with E-state index in [1.54, 1.807) is 11.3 Å². The van der Waals surface area contributed by atoms with Gasteiger partial charge < -0.3 is 15.1 Å². The maximum atomic E-state index is 12.8. The van der Waals surface area contributed by atoms with Crippen LogP contribution in [-0.2, 0) is 11.3 Å². The molecule has 0 saturated carbocycles. The van der Waals surface area contributed by atoms with Crippen LogP contribution in [0, 0.1) is 0 Å². The van der Waals surface area contributed by atoms with Crippen LogP contribution in [0.15, 0.2) is 17.5 Å². The van der Waals surface area contributed by atoms with E-state index in [2.05, 4.69) is 41.6 Å². The largest absolute Gasteiger partial charge is 0.336 e. The fraction of sp³-hybridized carbons (Fsp3) is 0.706. The summed E-state index contributed by atoms with van der Waals surface area (Å²) in [5, 5.41) is 5.56. The van der Waals surface area contributed by atoms with Crippen molar-refractivity contribution < 1.29 is 4.79 Å². The summed E-state index contributed by atoms with van der Waals surface area (Å²) in [4.78, 5) is 18.5. The van der Waals surface area contributed by atoms with E-state index in [1.807, 2.05) is 16.7 Å². The van der Waals surface area contributed by atoms with Crippen LogP contribution in [0.25, 0.3) is 0 Å². The molecular weight excluding hydrogens is 397 g/mol. The maximum Gasteiger partial charge on any atom is 0.224 e. The highest BCUT2D eigenvalue weighted by atomic mass is 35.5. The van der Waals surface area contributed by atoms with E-state index in [0.717, 1.165) is 50.8 Å². The number of halogens is 2. The first-order valence-electron chi connectivity index (χ1n) is 8.56. The molecule has 25 heavy (non-hydrogen) atoms. The molecule has 0 aromatic carbocycles. The molecular formula is C17H31Cl2N3OS2. The average Bonchev–Trinajstić information content (AvgIpc) is 3.08. The molecule has 1 amide bonds. The minimum atomic E-state index is 0. The van der Waals surface area contributed by atoms with Gasteiger partial charge >= 0.3 is 0 Å². The van der Waals surface area contributed by atoms with Crippen molar-refractivity contribution in [3.05, 3.63) is 22.4 Å². The predicted octanol–water partition coefficient (Wildman–Crippen LogP) is 3.36. The third-order valence-corrected chi connectivity index (χ3v) is 6.27. The highest BCUT2D eigenvalue weighted by Crippen LogP contribution is 2.15. The Morgan fingerprint density at radius 2 is 2.04 bits per heavy atom. The van der Waals surface area contributed by atoms with Crippen molar-refractivity contribution in [3.63, 3.8) is 0 Å². The molecule has 1 unspecified atom stereocenters. The van der Waals surface area contributed by atoms with Crippen molar-refractivity contribution in [1.29, 1.82) is 0 Å². The SMILES string of the molecule is CCN(CC)CCN(Cc1cccs1)C(=O)CC1CSCCN1.Cl.Cl. The molecule has 2 rings (SSSR count). The number of thiophene rings is 1. The van der Waals surface area contributed by atoms with E-state index < -0.39 is 0 Å². The summed E-state index contributed by atoms with van der Waals surface area (Å²) in [7, 11) is 0. The van der Waals surface area contributed by atoms with Crippen LogP contribution in [0.1, 0.15) is 25.1 Å². The zero-order valence-corrected chi connectivity index (χ0v) is 18.4. The van der Waals surface area contributed by atoms with Crippen molar-refractivity contribution in [2.75, 3.05) is 44.2 Å². The number of carbonyl (C=O) groups is 1. The number of amides is 1. The molecule has 146 valence electrons. The number of hydrogen-bond acceptors (Lipinski definition) is 5. The number of nitrogens with one attached hydrogen (secondary N) is 1. The molecule has 4 nitrogen and oxygen atoms in total. The number of thioether (sulfide) groups is 1. The number of carbonyl (C=O) groups excluding carboxylic acids is 1. The Labute approximate surface area is 172 Å². The van der Waals surface area contributed by atoms with Crippen molar-refractivity contribution in [2.45, 2.75) is 32.9 Å². The Morgan fingerprint density at radius 1 is 1.28 bits per heavy atom. The van der Waals surface area contributed by atoms with Gasteiger partial charge in [0.1, 0.15) is 0 Å². The van der Waals surface area contributed by atoms with Gasteiger partial charge in [0.15, 0.2) is 0 Å². The summed E-state index contributed by atoms with van der Waals surface area (Å²) in [6.07, 6.45) is 0.622. The Balaban J connectivity index is 0.00000288. The van der Waals surface area contributed by atoms with Crippen LogP contribution in [0.3, 0.4) is 0 Å². The molecule has 0 spiro atoms. The summed E-state index contributed by atoms with van der Waals surface area (Å²) < 4.78 is 0. The molecule has 1 aromatic rings. The third kappa shape index (κ3) is 8.98. The molecule has 2 heterocycles. The van der Waals surface area contributed by atoms with E-state index >= 15 is 0 Å². The summed E-state index contributed by atoms with van der Waals surface area (Å²) in [5.74, 6) is 2.49. The van der Waals surface area contributed by atoms with Crippen molar-refractivity contribution in [2.24, 2.45) is 0 Å². The van der Waals surface area contributed by atoms with E-state index in [9.17, 15) is 4.79 Å². The van der Waals surface area contributed by atoms with Gasteiger partial charge in [-0.05, 0) is 24.5 Å². The van der Waals surface area contributed by atoms with Crippen LogP contribution in [-0.4, -0.2) is 66.0 Å². The Bertz CT molecular complexity index is 453. The smallest absolute Gasteiger partial charge is 0.224 e. The first kappa shape index (κ1) is 25.0. The molecule has 1 fully saturated rings. The van der Waals surface area contributed by atoms with Gasteiger partial charge in [0.25, 0.3) is 0 Å². The fourth-order valence-corrected chi connectivity index (χ4v) is 4.44. The average molecular weight is 428 g/mol. The first-order chi connectivity index (χ1) is 11.2. The van der Waals surface area contributed by atoms with Gasteiger partial charge in [0.2, 0.25) is 5.91 Å². The van der Waals surface area contributed by atoms with Gasteiger partial charge in [-0.2, -0.15) is 11.8 Å². The minimum absolute atomic E-state index is 0. The van der Waals surface area contributed by atoms with Crippen LogP contribution in [0.5, 0.6) is 0 Å². The van der Waals surface area contributed by atoms with Crippen LogP contribution >= 0.6 is 47.9 Å². The Kier molecular flexibility index (Phi) is 14.1. The molecule has 0 bridgehead atoms. The molecule has 1 aliphatic heterocycles. The lowest BCUT2D eigenvalue weighted by Crippen LogP contribution is -2.44. The second-order valence-corrected chi connectivity index (χ2v) is 8.03. The lowest BCUT2D eigenvalue weighted by atomic mass is 10.2. The third-order valence-electron chi connectivity index (χ3n) is 4.28. The fourth-order valence-electron chi connectivity index (χ4n) is 2.78. The number of hydrogen-bond donors (Lipinski definition) is 1. The topological polar surface area (TPSA) is 35.6 Å². The zero-order valence-electron chi connectivity index (χ0n) is 15.1. The predicted molar refractivity (Wildman–Crippen MR) is 116 cm³/mol. The Hall–Kier alpha value is 0.0200. The summed E-state index contributed by atoms with van der Waals surface area (Å²) >= 11 is 3.68. The summed E-state index contributed by atoms with van der Waals surface area (Å²) in [5.41, 5.74) is 0. The number of nitrogens with zero attached hydrogens (tertiary/aromatic N) is 2. The normalized spacial score (nSPS) is 16.8. The van der Waals surface area contributed by atoms with E-state index in [4.69, 9.17) is 0 Å². The first-order valence-corrected chi connectivity index (χ1v) is 10.6. The second-order valence-electron chi connectivity index (χ2n) is 5.85. The second kappa shape index (κ2) is 14.1. The van der Waals surface area contributed by atoms with Gasteiger partial charge in [-0.25, -0.2) is 0 Å². The molecule has 0 radical (unpaired) electrons. The molecule has 1 aromatic heterocycles. The quantitative estimate of drug-likeness (QED) is 0.654. The van der Waals surface area contributed by atoms with Gasteiger partial charge in [-0.15, -0.1) is 36.2 Å². The maximum absolute atomic E-state index is 12.8. The molecule has 1 N–H and O–H groups in total. The monoisotopic (exact) mass is 427 g/mol. The highest BCUT2D eigenvalue weighted by molar-refractivity contribution is 7.99. The molecule has 0 aliphatic carbocycles. The van der Waals surface area contributed by atoms with Crippen LogP contribution in [0.2, 0.25) is 0 Å². The van der Waals surface area contributed by atoms with Crippen LogP contribution < -0.4 is 5.32 Å². The van der Waals surface area contributed by atoms with Crippen molar-refractivity contribution in [3.8, 4) is 0 Å². The molecule has 1 aliphatic rings. The van der Waals surface area contributed by atoms with E-state index in [-0.39, 0.29) is 30.7 Å². The minimum Gasteiger partial charge on any atom is -0.336 e. The highest BCUT2D eigenvalue weighted by Gasteiger charge is 2.21. The lowest BCUT2D eigenvalue weighted by Gasteiger charge is -2.29. The molecule has 1 atom stereocenters. The van der Waals surface area contributed by atoms with Gasteiger partial charge in [-0.3, -0.25) is 4.79 Å². The van der Waals surface area contributed by atoms with Gasteiger partial charge in [-0.1, -0.05) is 19.9 Å². The van der Waals surface area contributed by atoms with Gasteiger partial charge in [0, 0.05) is 48.5 Å². The van der Waals surface area contributed by atoms with Crippen molar-refractivity contribution in [1.82, 2.24) is 15.1 Å². The molecule has 8 heteroatoms. The lowest BCUT2D eigenvalue weighted by molar-refractivity contribution is -0.132. The zero-order chi connectivity index (χ0) is 16.5. The standard InChI is InChI=1S/C17H29N3OS2.2ClH/c1-3-19(4-2)8-9-20(13-16-6-5-10-23-16)17(21)12-15-14-22-11-7-18-15;;/h5-6,10,15,18H,3-4,7-9,11-14H2,1-2H3;2*1H. The Morgan fingerprint density at radius 3 is 2.60 bits per heavy atom. The van der Waals surface area contributed by atoms with E-state index in [0.29, 0.717) is 12.5 Å².